The fourth-order valence-corrected chi connectivity index (χ4v) is 3.55. The second-order valence-corrected chi connectivity index (χ2v) is 7.15. The zero-order valence-electron chi connectivity index (χ0n) is 16.1. The number of benzene rings is 3. The average molecular weight is 390 g/mol. The minimum Gasteiger partial charge on any atom is -0.493 e. The van der Waals surface area contributed by atoms with Gasteiger partial charge in [0, 0.05) is 24.7 Å². The summed E-state index contributed by atoms with van der Waals surface area (Å²) in [7, 11) is 0. The molecule has 0 saturated carbocycles. The number of ether oxygens (including phenoxy) is 1. The van der Waals surface area contributed by atoms with Crippen molar-refractivity contribution in [1.82, 2.24) is 0 Å². The van der Waals surface area contributed by atoms with Gasteiger partial charge in [0.2, 0.25) is 5.91 Å². The van der Waals surface area contributed by atoms with Gasteiger partial charge in [0.15, 0.2) is 0 Å². The average Bonchev–Trinajstić information content (AvgIpc) is 3.23. The first kappa shape index (κ1) is 19.2. The van der Waals surface area contributed by atoms with Crippen molar-refractivity contribution in [3.05, 3.63) is 95.3 Å². The molecule has 0 fully saturated rings. The maximum absolute atomic E-state index is 13.3. The van der Waals surface area contributed by atoms with Gasteiger partial charge in [-0.15, -0.1) is 0 Å². The number of carbonyl (C=O) groups excluding carboxylic acids is 1. The summed E-state index contributed by atoms with van der Waals surface area (Å²) in [6.45, 7) is 1.09. The molecule has 1 aliphatic heterocycles. The quantitative estimate of drug-likeness (QED) is 0.691. The van der Waals surface area contributed by atoms with E-state index in [2.05, 4.69) is 0 Å². The summed E-state index contributed by atoms with van der Waals surface area (Å²) < 4.78 is 18.9. The van der Waals surface area contributed by atoms with Crippen molar-refractivity contribution < 1.29 is 13.9 Å². The second-order valence-electron chi connectivity index (χ2n) is 7.15. The Morgan fingerprint density at radius 1 is 1.07 bits per heavy atom. The summed E-state index contributed by atoms with van der Waals surface area (Å²) in [6, 6.07) is 20.8. The number of nitrogens with zero attached hydrogens (tertiary/aromatic N) is 1. The molecule has 3 aromatic carbocycles. The molecule has 1 amide bonds. The molecule has 3 aromatic rings. The topological polar surface area (TPSA) is 55.6 Å². The minimum absolute atomic E-state index is 0.184. The lowest BCUT2D eigenvalue weighted by atomic mass is 10.0. The Hall–Kier alpha value is -3.18. The molecule has 0 radical (unpaired) electrons. The first-order chi connectivity index (χ1) is 14.1. The third-order valence-electron chi connectivity index (χ3n) is 5.22. The number of fused-ring (bicyclic) bond motifs is 1. The molecule has 0 aliphatic carbocycles. The van der Waals surface area contributed by atoms with Crippen LogP contribution < -0.4 is 15.4 Å². The van der Waals surface area contributed by atoms with Crippen molar-refractivity contribution in [3.8, 4) is 5.75 Å². The number of hydrogen-bond acceptors (Lipinski definition) is 3. The van der Waals surface area contributed by atoms with E-state index in [1.165, 1.54) is 12.1 Å². The third kappa shape index (κ3) is 4.30. The van der Waals surface area contributed by atoms with E-state index >= 15 is 0 Å². The van der Waals surface area contributed by atoms with E-state index in [9.17, 15) is 9.18 Å². The van der Waals surface area contributed by atoms with Crippen molar-refractivity contribution >= 4 is 11.6 Å². The fraction of sp³-hybridized carbons (Fsp3) is 0.208. The predicted molar refractivity (Wildman–Crippen MR) is 111 cm³/mol. The molecule has 0 saturated heterocycles. The standard InChI is InChI=1S/C24H23FN2O2/c25-20-9-6-17(7-10-20)12-14-27(21-11-8-18-13-15-29-22(18)16-21)24(28)23(26)19-4-2-1-3-5-19/h1-11,16,23H,12-15,26H2. The highest BCUT2D eigenvalue weighted by molar-refractivity contribution is 5.98. The number of hydrogen-bond donors (Lipinski definition) is 1. The maximum atomic E-state index is 13.3. The summed E-state index contributed by atoms with van der Waals surface area (Å²) in [5.74, 6) is 0.357. The van der Waals surface area contributed by atoms with Gasteiger partial charge >= 0.3 is 0 Å². The molecule has 5 heteroatoms. The van der Waals surface area contributed by atoms with Gasteiger partial charge in [-0.05, 0) is 41.3 Å². The summed E-state index contributed by atoms with van der Waals surface area (Å²) in [5.41, 5.74) is 9.92. The molecular formula is C24H23FN2O2. The van der Waals surface area contributed by atoms with Crippen LogP contribution in [0.25, 0.3) is 0 Å². The van der Waals surface area contributed by atoms with Crippen LogP contribution in [0.2, 0.25) is 0 Å². The second kappa shape index (κ2) is 8.45. The largest absolute Gasteiger partial charge is 0.493 e. The van der Waals surface area contributed by atoms with Crippen molar-refractivity contribution in [1.29, 1.82) is 0 Å². The van der Waals surface area contributed by atoms with Crippen LogP contribution in [0.1, 0.15) is 22.7 Å². The van der Waals surface area contributed by atoms with Gasteiger partial charge in [-0.25, -0.2) is 4.39 Å². The zero-order chi connectivity index (χ0) is 20.2. The van der Waals surface area contributed by atoms with Crippen molar-refractivity contribution in [2.24, 2.45) is 5.73 Å². The summed E-state index contributed by atoms with van der Waals surface area (Å²) in [4.78, 5) is 15.0. The number of rotatable bonds is 6. The van der Waals surface area contributed by atoms with Gasteiger partial charge in [-0.2, -0.15) is 0 Å². The van der Waals surface area contributed by atoms with E-state index in [1.807, 2.05) is 48.5 Å². The molecule has 29 heavy (non-hydrogen) atoms. The number of carbonyl (C=O) groups is 1. The van der Waals surface area contributed by atoms with Gasteiger partial charge in [0.25, 0.3) is 0 Å². The van der Waals surface area contributed by atoms with E-state index in [1.54, 1.807) is 17.0 Å². The van der Waals surface area contributed by atoms with Crippen LogP contribution in [-0.2, 0) is 17.6 Å². The van der Waals surface area contributed by atoms with Gasteiger partial charge < -0.3 is 15.4 Å². The van der Waals surface area contributed by atoms with Crippen LogP contribution >= 0.6 is 0 Å². The van der Waals surface area contributed by atoms with E-state index in [0.29, 0.717) is 19.6 Å². The van der Waals surface area contributed by atoms with Crippen molar-refractivity contribution in [2.75, 3.05) is 18.1 Å². The zero-order valence-corrected chi connectivity index (χ0v) is 16.1. The molecule has 1 atom stereocenters. The molecule has 1 heterocycles. The van der Waals surface area contributed by atoms with Crippen LogP contribution in [0.3, 0.4) is 0 Å². The monoisotopic (exact) mass is 390 g/mol. The highest BCUT2D eigenvalue weighted by Gasteiger charge is 2.25. The van der Waals surface area contributed by atoms with Gasteiger partial charge in [-0.3, -0.25) is 4.79 Å². The molecule has 1 unspecified atom stereocenters. The summed E-state index contributed by atoms with van der Waals surface area (Å²) >= 11 is 0. The Balaban J connectivity index is 1.61. The van der Waals surface area contributed by atoms with Gasteiger partial charge in [-0.1, -0.05) is 48.5 Å². The maximum Gasteiger partial charge on any atom is 0.248 e. The molecule has 0 bridgehead atoms. The van der Waals surface area contributed by atoms with Gasteiger partial charge in [0.1, 0.15) is 17.6 Å². The lowest BCUT2D eigenvalue weighted by molar-refractivity contribution is -0.120. The Morgan fingerprint density at radius 2 is 1.83 bits per heavy atom. The molecular weight excluding hydrogens is 367 g/mol. The van der Waals surface area contributed by atoms with E-state index < -0.39 is 6.04 Å². The molecule has 148 valence electrons. The SMILES string of the molecule is NC(C(=O)N(CCc1ccc(F)cc1)c1ccc2c(c1)OCC2)c1ccccc1. The van der Waals surface area contributed by atoms with E-state index in [4.69, 9.17) is 10.5 Å². The van der Waals surface area contributed by atoms with Crippen molar-refractivity contribution in [3.63, 3.8) is 0 Å². The molecule has 1 aliphatic rings. The Bertz CT molecular complexity index is 990. The number of anilines is 1. The first-order valence-corrected chi connectivity index (χ1v) is 9.74. The molecule has 4 rings (SSSR count). The summed E-state index contributed by atoms with van der Waals surface area (Å²) in [6.07, 6.45) is 1.47. The smallest absolute Gasteiger partial charge is 0.248 e. The van der Waals surface area contributed by atoms with Crippen LogP contribution in [0.15, 0.2) is 72.8 Å². The Kier molecular flexibility index (Phi) is 5.58. The number of amides is 1. The lowest BCUT2D eigenvalue weighted by Gasteiger charge is -2.26. The van der Waals surface area contributed by atoms with E-state index in [-0.39, 0.29) is 11.7 Å². The fourth-order valence-electron chi connectivity index (χ4n) is 3.55. The van der Waals surface area contributed by atoms with Crippen molar-refractivity contribution in [2.45, 2.75) is 18.9 Å². The highest BCUT2D eigenvalue weighted by atomic mass is 19.1. The normalized spacial score (nSPS) is 13.4. The Labute approximate surface area is 169 Å². The molecule has 4 nitrogen and oxygen atoms in total. The number of halogens is 1. The van der Waals surface area contributed by atoms with E-state index in [0.717, 1.165) is 34.5 Å². The van der Waals surface area contributed by atoms with Crippen LogP contribution in [-0.4, -0.2) is 19.1 Å². The highest BCUT2D eigenvalue weighted by Crippen LogP contribution is 2.31. The predicted octanol–water partition coefficient (Wildman–Crippen LogP) is 4.04. The summed E-state index contributed by atoms with van der Waals surface area (Å²) in [5, 5.41) is 0. The number of nitrogens with two attached hydrogens (primary N) is 1. The lowest BCUT2D eigenvalue weighted by Crippen LogP contribution is -2.40. The first-order valence-electron chi connectivity index (χ1n) is 9.74. The van der Waals surface area contributed by atoms with Crippen LogP contribution in [0.4, 0.5) is 10.1 Å². The molecule has 2 N–H and O–H groups in total. The van der Waals surface area contributed by atoms with Crippen LogP contribution in [0.5, 0.6) is 5.75 Å². The van der Waals surface area contributed by atoms with Gasteiger partial charge in [0.05, 0.1) is 6.61 Å². The molecule has 0 aromatic heterocycles. The molecule has 0 spiro atoms. The Morgan fingerprint density at radius 3 is 2.59 bits per heavy atom. The third-order valence-corrected chi connectivity index (χ3v) is 5.22. The van der Waals surface area contributed by atoms with Crippen LogP contribution in [0, 0.1) is 5.82 Å². The minimum atomic E-state index is -0.765.